The molecule has 0 heterocycles. The van der Waals surface area contributed by atoms with Gasteiger partial charge in [-0.2, -0.15) is 5.26 Å². The highest BCUT2D eigenvalue weighted by Crippen LogP contribution is 2.50. The molecule has 0 aromatic heterocycles. The maximum absolute atomic E-state index is 14.3. The Morgan fingerprint density at radius 3 is 2.28 bits per heavy atom. The minimum Gasteiger partial charge on any atom is -0.370 e. The smallest absolute Gasteiger partial charge is 0.124 e. The maximum Gasteiger partial charge on any atom is 0.124 e. The average molecular weight is 414 g/mol. The molecule has 0 aliphatic heterocycles. The molecule has 2 fully saturated rings. The van der Waals surface area contributed by atoms with E-state index in [-0.39, 0.29) is 11.6 Å². The van der Waals surface area contributed by atoms with Crippen LogP contribution in [0.1, 0.15) is 49.7 Å². The first-order valence-corrected chi connectivity index (χ1v) is 11.4. The highest BCUT2D eigenvalue weighted by Gasteiger charge is 2.46. The molecular weight excluding hydrogens is 388 g/mol. The third-order valence-corrected chi connectivity index (χ3v) is 7.15. The normalized spacial score (nSPS) is 26.8. The van der Waals surface area contributed by atoms with Crippen LogP contribution in [-0.4, -0.2) is 12.9 Å². The lowest BCUT2D eigenvalue weighted by molar-refractivity contribution is -0.0883. The zero-order valence-corrected chi connectivity index (χ0v) is 17.4. The molecular formula is C24H25F2NOS. The van der Waals surface area contributed by atoms with Crippen LogP contribution in [0.15, 0.2) is 47.4 Å². The van der Waals surface area contributed by atoms with E-state index in [1.165, 1.54) is 36.7 Å². The van der Waals surface area contributed by atoms with Crippen molar-refractivity contribution in [2.75, 3.05) is 12.9 Å². The molecule has 5 heteroatoms. The van der Waals surface area contributed by atoms with Gasteiger partial charge in [-0.15, -0.1) is 11.8 Å². The summed E-state index contributed by atoms with van der Waals surface area (Å²) in [6.07, 6.45) is 6.80. The summed E-state index contributed by atoms with van der Waals surface area (Å²) in [5.74, 6) is 0.0428. The first kappa shape index (κ1) is 20.4. The van der Waals surface area contributed by atoms with Crippen molar-refractivity contribution in [1.29, 1.82) is 5.26 Å². The van der Waals surface area contributed by atoms with Crippen LogP contribution >= 0.6 is 11.8 Å². The molecule has 0 unspecified atom stereocenters. The zero-order valence-electron chi connectivity index (χ0n) is 16.6. The van der Waals surface area contributed by atoms with E-state index in [1.54, 1.807) is 24.3 Å². The minimum atomic E-state index is -0.657. The fourth-order valence-corrected chi connectivity index (χ4v) is 4.81. The van der Waals surface area contributed by atoms with Gasteiger partial charge >= 0.3 is 0 Å². The lowest BCUT2D eigenvalue weighted by atomic mass is 9.64. The molecule has 2 aromatic rings. The Hall–Kier alpha value is -1.90. The topological polar surface area (TPSA) is 33.0 Å². The van der Waals surface area contributed by atoms with Gasteiger partial charge in [-0.1, -0.05) is 12.1 Å². The van der Waals surface area contributed by atoms with Crippen LogP contribution in [0.25, 0.3) is 0 Å². The van der Waals surface area contributed by atoms with Crippen LogP contribution in [0.3, 0.4) is 0 Å². The summed E-state index contributed by atoms with van der Waals surface area (Å²) in [6.45, 7) is 0.682. The van der Waals surface area contributed by atoms with Crippen LogP contribution in [0.5, 0.6) is 0 Å². The predicted octanol–water partition coefficient (Wildman–Crippen LogP) is 6.34. The van der Waals surface area contributed by atoms with Gasteiger partial charge in [-0.25, -0.2) is 8.78 Å². The van der Waals surface area contributed by atoms with Gasteiger partial charge in [-0.3, -0.25) is 0 Å². The second-order valence-corrected chi connectivity index (χ2v) is 9.21. The SMILES string of the molecule is CSc1cc(F)cc(C2(OCC3CC3)CCC(C#N)(c3ccc(F)cc3)CC2)c1. The molecule has 29 heavy (non-hydrogen) atoms. The van der Waals surface area contributed by atoms with E-state index in [4.69, 9.17) is 4.74 Å². The van der Waals surface area contributed by atoms with Crippen molar-refractivity contribution < 1.29 is 13.5 Å². The van der Waals surface area contributed by atoms with E-state index < -0.39 is 11.0 Å². The lowest BCUT2D eigenvalue weighted by Crippen LogP contribution is -2.41. The van der Waals surface area contributed by atoms with Crippen LogP contribution in [0, 0.1) is 28.9 Å². The quantitative estimate of drug-likeness (QED) is 0.518. The highest BCUT2D eigenvalue weighted by molar-refractivity contribution is 7.98. The third-order valence-electron chi connectivity index (χ3n) is 6.45. The molecule has 2 aromatic carbocycles. The number of halogens is 2. The Balaban J connectivity index is 1.65. The van der Waals surface area contributed by atoms with Crippen LogP contribution in [0.4, 0.5) is 8.78 Å². The number of nitrogens with zero attached hydrogens (tertiary/aromatic N) is 1. The molecule has 152 valence electrons. The maximum atomic E-state index is 14.3. The Bertz CT molecular complexity index is 909. The first-order chi connectivity index (χ1) is 14.0. The van der Waals surface area contributed by atoms with Crippen molar-refractivity contribution in [2.45, 2.75) is 54.4 Å². The zero-order chi connectivity index (χ0) is 20.5. The first-order valence-electron chi connectivity index (χ1n) is 10.1. The van der Waals surface area contributed by atoms with Gasteiger partial charge in [-0.05, 0) is 92.2 Å². The van der Waals surface area contributed by atoms with Crippen LogP contribution in [0.2, 0.25) is 0 Å². The van der Waals surface area contributed by atoms with Crippen LogP contribution < -0.4 is 0 Å². The van der Waals surface area contributed by atoms with Crippen molar-refractivity contribution in [3.8, 4) is 6.07 Å². The van der Waals surface area contributed by atoms with Gasteiger partial charge < -0.3 is 4.74 Å². The number of hydrogen-bond acceptors (Lipinski definition) is 3. The van der Waals surface area contributed by atoms with Crippen molar-refractivity contribution in [3.63, 3.8) is 0 Å². The predicted molar refractivity (Wildman–Crippen MR) is 111 cm³/mol. The molecule has 0 atom stereocenters. The Labute approximate surface area is 175 Å². The number of benzene rings is 2. The number of ether oxygens (including phenoxy) is 1. The molecule has 4 rings (SSSR count). The van der Waals surface area contributed by atoms with E-state index >= 15 is 0 Å². The minimum absolute atomic E-state index is 0.253. The van der Waals surface area contributed by atoms with Gasteiger partial charge in [0.2, 0.25) is 0 Å². The summed E-state index contributed by atoms with van der Waals surface area (Å²) in [4.78, 5) is 0.880. The summed E-state index contributed by atoms with van der Waals surface area (Å²) in [5, 5.41) is 10.0. The van der Waals surface area contributed by atoms with Crippen molar-refractivity contribution >= 4 is 11.8 Å². The van der Waals surface area contributed by atoms with E-state index in [9.17, 15) is 14.0 Å². The third kappa shape index (κ3) is 4.20. The monoisotopic (exact) mass is 413 g/mol. The summed E-state index contributed by atoms with van der Waals surface area (Å²) < 4.78 is 34.2. The van der Waals surface area contributed by atoms with E-state index in [0.717, 1.165) is 16.0 Å². The fourth-order valence-electron chi connectivity index (χ4n) is 4.34. The fraction of sp³-hybridized carbons (Fsp3) is 0.458. The lowest BCUT2D eigenvalue weighted by Gasteiger charge is -2.44. The molecule has 0 saturated heterocycles. The molecule has 2 aliphatic rings. The molecule has 0 N–H and O–H groups in total. The summed E-state index contributed by atoms with van der Waals surface area (Å²) in [5.41, 5.74) is 0.486. The molecule has 0 bridgehead atoms. The second kappa shape index (κ2) is 8.08. The molecule has 2 nitrogen and oxygen atoms in total. The number of thioether (sulfide) groups is 1. The largest absolute Gasteiger partial charge is 0.370 e. The molecule has 2 aliphatic carbocycles. The Morgan fingerprint density at radius 2 is 1.69 bits per heavy atom. The number of nitriles is 1. The second-order valence-electron chi connectivity index (χ2n) is 8.33. The Morgan fingerprint density at radius 1 is 1.00 bits per heavy atom. The van der Waals surface area contributed by atoms with Gasteiger partial charge in [0.1, 0.15) is 11.6 Å². The van der Waals surface area contributed by atoms with Gasteiger partial charge in [0.15, 0.2) is 0 Å². The van der Waals surface area contributed by atoms with Crippen molar-refractivity contribution in [3.05, 3.63) is 65.2 Å². The van der Waals surface area contributed by atoms with Crippen molar-refractivity contribution in [2.24, 2.45) is 5.92 Å². The number of rotatable bonds is 6. The summed E-state index contributed by atoms with van der Waals surface area (Å²) >= 11 is 1.52. The molecule has 0 spiro atoms. The van der Waals surface area contributed by atoms with E-state index in [2.05, 4.69) is 6.07 Å². The molecule has 2 saturated carbocycles. The van der Waals surface area contributed by atoms with Crippen molar-refractivity contribution in [1.82, 2.24) is 0 Å². The number of hydrogen-bond donors (Lipinski definition) is 0. The van der Waals surface area contributed by atoms with Gasteiger partial charge in [0, 0.05) is 4.90 Å². The summed E-state index contributed by atoms with van der Waals surface area (Å²) in [7, 11) is 0. The standard InChI is InChI=1S/C24H25F2NOS/c1-29-22-13-19(12-21(26)14-22)24(28-15-17-2-3-17)10-8-23(16-27,9-11-24)18-4-6-20(25)7-5-18/h4-7,12-14,17H,2-3,8-11,15H2,1H3. The summed E-state index contributed by atoms with van der Waals surface area (Å²) in [6, 6.07) is 13.9. The Kier molecular flexibility index (Phi) is 5.68. The van der Waals surface area contributed by atoms with E-state index in [0.29, 0.717) is 38.2 Å². The van der Waals surface area contributed by atoms with Gasteiger partial charge in [0.25, 0.3) is 0 Å². The van der Waals surface area contributed by atoms with Gasteiger partial charge in [0.05, 0.1) is 23.7 Å². The average Bonchev–Trinajstić information content (AvgIpc) is 3.57. The highest BCUT2D eigenvalue weighted by atomic mass is 32.2. The molecule has 0 radical (unpaired) electrons. The molecule has 0 amide bonds. The van der Waals surface area contributed by atoms with Crippen LogP contribution in [-0.2, 0) is 15.8 Å². The van der Waals surface area contributed by atoms with E-state index in [1.807, 2.05) is 12.3 Å².